The summed E-state index contributed by atoms with van der Waals surface area (Å²) in [5, 5.41) is 8.45. The van der Waals surface area contributed by atoms with Gasteiger partial charge in [0.1, 0.15) is 10.7 Å². The Morgan fingerprint density at radius 3 is 2.44 bits per heavy atom. The van der Waals surface area contributed by atoms with Crippen LogP contribution in [0.5, 0.6) is 0 Å². The van der Waals surface area contributed by atoms with E-state index in [4.69, 9.17) is 11.6 Å². The molecule has 0 aliphatic carbocycles. The van der Waals surface area contributed by atoms with Crippen molar-refractivity contribution < 1.29 is 13.2 Å². The molecule has 0 fully saturated rings. The molecule has 0 N–H and O–H groups in total. The van der Waals surface area contributed by atoms with E-state index < -0.39 is 11.7 Å². The van der Waals surface area contributed by atoms with Crippen LogP contribution in [0, 0.1) is 0 Å². The van der Waals surface area contributed by atoms with E-state index in [9.17, 15) is 13.2 Å². The van der Waals surface area contributed by atoms with Gasteiger partial charge < -0.3 is 0 Å². The second kappa shape index (κ2) is 4.81. The summed E-state index contributed by atoms with van der Waals surface area (Å²) >= 11 is 7.04. The number of hydrogen-bond donors (Lipinski definition) is 0. The largest absolute Gasteiger partial charge is 0.417 e. The SMILES string of the molecule is CC(Cl)c1nnc(-c2ccc(C(F)(F)F)cn2)s1. The number of alkyl halides is 4. The third-order valence-corrected chi connectivity index (χ3v) is 3.56. The molecule has 0 aromatic carbocycles. The van der Waals surface area contributed by atoms with Crippen molar-refractivity contribution in [2.45, 2.75) is 18.5 Å². The highest BCUT2D eigenvalue weighted by molar-refractivity contribution is 7.14. The fraction of sp³-hybridized carbons (Fsp3) is 0.300. The minimum absolute atomic E-state index is 0.286. The molecule has 0 aliphatic heterocycles. The van der Waals surface area contributed by atoms with Crippen molar-refractivity contribution in [1.29, 1.82) is 0 Å². The van der Waals surface area contributed by atoms with E-state index in [1.54, 1.807) is 6.92 Å². The summed E-state index contributed by atoms with van der Waals surface area (Å²) in [5.74, 6) is 0. The minimum atomic E-state index is -4.39. The second-order valence-corrected chi connectivity index (χ2v) is 5.16. The summed E-state index contributed by atoms with van der Waals surface area (Å²) in [6.07, 6.45) is -3.61. The van der Waals surface area contributed by atoms with E-state index >= 15 is 0 Å². The van der Waals surface area contributed by atoms with Crippen LogP contribution in [0.4, 0.5) is 13.2 Å². The van der Waals surface area contributed by atoms with Crippen molar-refractivity contribution in [1.82, 2.24) is 15.2 Å². The third-order valence-electron chi connectivity index (χ3n) is 2.09. The first kappa shape index (κ1) is 13.2. The zero-order valence-electron chi connectivity index (χ0n) is 9.07. The molecule has 2 aromatic rings. The topological polar surface area (TPSA) is 38.7 Å². The molecule has 0 saturated carbocycles. The first-order valence-electron chi connectivity index (χ1n) is 4.89. The number of aromatic nitrogens is 3. The van der Waals surface area contributed by atoms with Crippen LogP contribution >= 0.6 is 22.9 Å². The molecule has 1 atom stereocenters. The van der Waals surface area contributed by atoms with Gasteiger partial charge in [0.25, 0.3) is 0 Å². The molecule has 8 heteroatoms. The lowest BCUT2D eigenvalue weighted by atomic mass is 10.2. The van der Waals surface area contributed by atoms with Gasteiger partial charge in [-0.15, -0.1) is 21.8 Å². The second-order valence-electron chi connectivity index (χ2n) is 3.49. The van der Waals surface area contributed by atoms with Gasteiger partial charge in [-0.25, -0.2) is 0 Å². The fourth-order valence-electron chi connectivity index (χ4n) is 1.19. The van der Waals surface area contributed by atoms with Gasteiger partial charge in [-0.3, -0.25) is 4.98 Å². The van der Waals surface area contributed by atoms with Crippen LogP contribution in [-0.2, 0) is 6.18 Å². The summed E-state index contributed by atoms with van der Waals surface area (Å²) in [4.78, 5) is 3.73. The maximum Gasteiger partial charge on any atom is 0.417 e. The van der Waals surface area contributed by atoms with Crippen molar-refractivity contribution in [2.75, 3.05) is 0 Å². The van der Waals surface area contributed by atoms with E-state index in [0.717, 1.165) is 12.3 Å². The Hall–Kier alpha value is -1.21. The molecule has 2 rings (SSSR count). The molecule has 1 unspecified atom stereocenters. The van der Waals surface area contributed by atoms with Crippen molar-refractivity contribution in [2.24, 2.45) is 0 Å². The van der Waals surface area contributed by atoms with E-state index in [1.165, 1.54) is 17.4 Å². The first-order chi connectivity index (χ1) is 8.38. The van der Waals surface area contributed by atoms with Crippen molar-refractivity contribution in [3.8, 4) is 10.7 Å². The molecule has 0 aliphatic rings. The van der Waals surface area contributed by atoms with Gasteiger partial charge in [0.2, 0.25) is 0 Å². The summed E-state index contributed by atoms with van der Waals surface area (Å²) < 4.78 is 37.0. The smallest absolute Gasteiger partial charge is 0.253 e. The Morgan fingerprint density at radius 1 is 1.28 bits per heavy atom. The Morgan fingerprint density at radius 2 is 2.00 bits per heavy atom. The zero-order chi connectivity index (χ0) is 13.3. The first-order valence-corrected chi connectivity index (χ1v) is 6.14. The fourth-order valence-corrected chi connectivity index (χ4v) is 2.11. The van der Waals surface area contributed by atoms with Gasteiger partial charge in [0.05, 0.1) is 10.9 Å². The van der Waals surface area contributed by atoms with Crippen LogP contribution in [-0.4, -0.2) is 15.2 Å². The molecule has 2 heterocycles. The van der Waals surface area contributed by atoms with Crippen LogP contribution in [0.3, 0.4) is 0 Å². The minimum Gasteiger partial charge on any atom is -0.253 e. The number of pyridine rings is 1. The zero-order valence-corrected chi connectivity index (χ0v) is 10.6. The third kappa shape index (κ3) is 2.78. The van der Waals surface area contributed by atoms with Gasteiger partial charge in [-0.1, -0.05) is 11.3 Å². The number of nitrogens with zero attached hydrogens (tertiary/aromatic N) is 3. The summed E-state index contributed by atoms with van der Waals surface area (Å²) in [6.45, 7) is 1.74. The van der Waals surface area contributed by atoms with E-state index in [2.05, 4.69) is 15.2 Å². The van der Waals surface area contributed by atoms with Crippen LogP contribution in [0.2, 0.25) is 0 Å². The monoisotopic (exact) mass is 293 g/mol. The van der Waals surface area contributed by atoms with Gasteiger partial charge in [-0.2, -0.15) is 13.2 Å². The normalized spacial score (nSPS) is 13.6. The molecule has 0 bridgehead atoms. The average molecular weight is 294 g/mol. The van der Waals surface area contributed by atoms with E-state index in [1.807, 2.05) is 0 Å². The standard InChI is InChI=1S/C10H7ClF3N3S/c1-5(11)8-16-17-9(18-8)7-3-2-6(4-15-7)10(12,13)14/h2-5H,1H3. The highest BCUT2D eigenvalue weighted by atomic mass is 35.5. The highest BCUT2D eigenvalue weighted by Crippen LogP contribution is 2.31. The summed E-state index contributed by atoms with van der Waals surface area (Å²) in [6, 6.07) is 2.24. The Labute approximate surface area is 110 Å². The lowest BCUT2D eigenvalue weighted by Gasteiger charge is -2.05. The van der Waals surface area contributed by atoms with Gasteiger partial charge in [-0.05, 0) is 19.1 Å². The van der Waals surface area contributed by atoms with Gasteiger partial charge in [0, 0.05) is 6.20 Å². The molecule has 18 heavy (non-hydrogen) atoms. The molecule has 2 aromatic heterocycles. The van der Waals surface area contributed by atoms with Gasteiger partial charge in [0.15, 0.2) is 5.01 Å². The highest BCUT2D eigenvalue weighted by Gasteiger charge is 2.30. The van der Waals surface area contributed by atoms with Crippen LogP contribution in [0.1, 0.15) is 22.9 Å². The average Bonchev–Trinajstić information content (AvgIpc) is 2.77. The predicted molar refractivity (Wildman–Crippen MR) is 62.4 cm³/mol. The Balaban J connectivity index is 2.29. The van der Waals surface area contributed by atoms with Crippen molar-refractivity contribution >= 4 is 22.9 Å². The summed E-state index contributed by atoms with van der Waals surface area (Å²) in [7, 11) is 0. The summed E-state index contributed by atoms with van der Waals surface area (Å²) in [5.41, 5.74) is -0.439. The molecule has 0 saturated heterocycles. The quantitative estimate of drug-likeness (QED) is 0.788. The van der Waals surface area contributed by atoms with Crippen molar-refractivity contribution in [3.05, 3.63) is 28.9 Å². The molecule has 96 valence electrons. The van der Waals surface area contributed by atoms with Crippen LogP contribution in [0.15, 0.2) is 18.3 Å². The van der Waals surface area contributed by atoms with Crippen molar-refractivity contribution in [3.63, 3.8) is 0 Å². The maximum atomic E-state index is 12.3. The van der Waals surface area contributed by atoms with Gasteiger partial charge >= 0.3 is 6.18 Å². The molecular formula is C10H7ClF3N3S. The molecule has 3 nitrogen and oxygen atoms in total. The maximum absolute atomic E-state index is 12.3. The Bertz CT molecular complexity index is 536. The molecule has 0 spiro atoms. The number of hydrogen-bond acceptors (Lipinski definition) is 4. The predicted octanol–water partition coefficient (Wildman–Crippen LogP) is 3.92. The Kier molecular flexibility index (Phi) is 3.54. The number of rotatable bonds is 2. The molecular weight excluding hydrogens is 287 g/mol. The van der Waals surface area contributed by atoms with Crippen LogP contribution in [0.25, 0.3) is 10.7 Å². The van der Waals surface area contributed by atoms with E-state index in [0.29, 0.717) is 15.7 Å². The lowest BCUT2D eigenvalue weighted by molar-refractivity contribution is -0.137. The number of halogens is 4. The van der Waals surface area contributed by atoms with E-state index in [-0.39, 0.29) is 5.38 Å². The molecule has 0 amide bonds. The lowest BCUT2D eigenvalue weighted by Crippen LogP contribution is -2.05. The molecule has 0 radical (unpaired) electrons. The van der Waals surface area contributed by atoms with Crippen LogP contribution < -0.4 is 0 Å².